The second-order valence-corrected chi connectivity index (χ2v) is 7.18. The van der Waals surface area contributed by atoms with Crippen LogP contribution in [0.3, 0.4) is 0 Å². The van der Waals surface area contributed by atoms with Crippen LogP contribution in [0, 0.1) is 5.92 Å². The van der Waals surface area contributed by atoms with E-state index in [9.17, 15) is 9.59 Å². The molecule has 0 aliphatic carbocycles. The van der Waals surface area contributed by atoms with E-state index in [-0.39, 0.29) is 24.5 Å². The molecule has 0 fully saturated rings. The number of carbonyl (C=O) groups excluding carboxylic acids is 2. The second-order valence-electron chi connectivity index (χ2n) is 7.18. The predicted molar refractivity (Wildman–Crippen MR) is 105 cm³/mol. The summed E-state index contributed by atoms with van der Waals surface area (Å²) in [6.45, 7) is 3.34. The zero-order valence-corrected chi connectivity index (χ0v) is 15.9. The molecule has 6 heteroatoms. The molecular weight excluding hydrogens is 356 g/mol. The maximum Gasteiger partial charge on any atom is 0.231 e. The van der Waals surface area contributed by atoms with Crippen LogP contribution < -0.4 is 14.8 Å². The fourth-order valence-electron chi connectivity index (χ4n) is 3.74. The Labute approximate surface area is 164 Å². The molecule has 1 atom stereocenters. The van der Waals surface area contributed by atoms with Gasteiger partial charge in [0, 0.05) is 31.1 Å². The zero-order valence-electron chi connectivity index (χ0n) is 15.9. The SMILES string of the molecule is CCN(Cc1ccc2c(c1)OCO2)C(=O)CCC1Cc2ccccc2NC1=O. The molecule has 2 aromatic carbocycles. The third-order valence-electron chi connectivity index (χ3n) is 5.36. The van der Waals surface area contributed by atoms with Crippen LogP contribution in [0.5, 0.6) is 11.5 Å². The van der Waals surface area contributed by atoms with Crippen LogP contribution in [-0.2, 0) is 22.6 Å². The number of anilines is 1. The average molecular weight is 380 g/mol. The van der Waals surface area contributed by atoms with Crippen molar-refractivity contribution >= 4 is 17.5 Å². The summed E-state index contributed by atoms with van der Waals surface area (Å²) in [4.78, 5) is 26.9. The number of nitrogens with zero attached hydrogens (tertiary/aromatic N) is 1. The largest absolute Gasteiger partial charge is 0.454 e. The minimum Gasteiger partial charge on any atom is -0.454 e. The normalized spacial score (nSPS) is 17.0. The summed E-state index contributed by atoms with van der Waals surface area (Å²) in [7, 11) is 0. The third kappa shape index (κ3) is 3.81. The highest BCUT2D eigenvalue weighted by Gasteiger charge is 2.27. The number of hydrogen-bond donors (Lipinski definition) is 1. The number of benzene rings is 2. The Balaban J connectivity index is 1.35. The van der Waals surface area contributed by atoms with Crippen LogP contribution in [-0.4, -0.2) is 30.1 Å². The van der Waals surface area contributed by atoms with E-state index < -0.39 is 0 Å². The van der Waals surface area contributed by atoms with Gasteiger partial charge in [0.2, 0.25) is 18.6 Å². The summed E-state index contributed by atoms with van der Waals surface area (Å²) in [5, 5.41) is 2.95. The lowest BCUT2D eigenvalue weighted by atomic mass is 9.89. The molecular formula is C22H24N2O4. The van der Waals surface area contributed by atoms with Crippen molar-refractivity contribution in [2.24, 2.45) is 5.92 Å². The molecule has 146 valence electrons. The maximum atomic E-state index is 12.7. The van der Waals surface area contributed by atoms with Crippen molar-refractivity contribution in [3.63, 3.8) is 0 Å². The molecule has 2 amide bonds. The van der Waals surface area contributed by atoms with Crippen molar-refractivity contribution < 1.29 is 19.1 Å². The molecule has 1 unspecified atom stereocenters. The van der Waals surface area contributed by atoms with Gasteiger partial charge in [-0.15, -0.1) is 0 Å². The van der Waals surface area contributed by atoms with E-state index in [1.807, 2.05) is 54.3 Å². The van der Waals surface area contributed by atoms with E-state index in [2.05, 4.69) is 5.32 Å². The van der Waals surface area contributed by atoms with Crippen LogP contribution in [0.2, 0.25) is 0 Å². The maximum absolute atomic E-state index is 12.7. The van der Waals surface area contributed by atoms with Crippen molar-refractivity contribution in [1.29, 1.82) is 0 Å². The van der Waals surface area contributed by atoms with Crippen molar-refractivity contribution in [1.82, 2.24) is 4.90 Å². The van der Waals surface area contributed by atoms with Gasteiger partial charge in [-0.3, -0.25) is 9.59 Å². The number of carbonyl (C=O) groups is 2. The van der Waals surface area contributed by atoms with E-state index >= 15 is 0 Å². The van der Waals surface area contributed by atoms with Gasteiger partial charge < -0.3 is 19.7 Å². The quantitative estimate of drug-likeness (QED) is 0.834. The Hall–Kier alpha value is -3.02. The molecule has 2 heterocycles. The molecule has 0 saturated carbocycles. The number of ether oxygens (including phenoxy) is 2. The monoisotopic (exact) mass is 380 g/mol. The summed E-state index contributed by atoms with van der Waals surface area (Å²) >= 11 is 0. The molecule has 2 aliphatic heterocycles. The molecule has 0 radical (unpaired) electrons. The molecule has 6 nitrogen and oxygen atoms in total. The highest BCUT2D eigenvalue weighted by Crippen LogP contribution is 2.33. The first-order chi connectivity index (χ1) is 13.6. The molecule has 1 N–H and O–H groups in total. The van der Waals surface area contributed by atoms with Crippen molar-refractivity contribution in [3.8, 4) is 11.5 Å². The summed E-state index contributed by atoms with van der Waals surface area (Å²) in [6.07, 6.45) is 1.60. The molecule has 2 aliphatic rings. The third-order valence-corrected chi connectivity index (χ3v) is 5.36. The summed E-state index contributed by atoms with van der Waals surface area (Å²) in [5.74, 6) is 1.36. The Morgan fingerprint density at radius 3 is 2.86 bits per heavy atom. The summed E-state index contributed by atoms with van der Waals surface area (Å²) in [5.41, 5.74) is 3.02. The number of hydrogen-bond acceptors (Lipinski definition) is 4. The fraction of sp³-hybridized carbons (Fsp3) is 0.364. The van der Waals surface area contributed by atoms with E-state index in [4.69, 9.17) is 9.47 Å². The van der Waals surface area contributed by atoms with E-state index in [1.54, 1.807) is 0 Å². The Bertz CT molecular complexity index is 896. The van der Waals surface area contributed by atoms with Gasteiger partial charge in [0.05, 0.1) is 0 Å². The van der Waals surface area contributed by atoms with Gasteiger partial charge >= 0.3 is 0 Å². The van der Waals surface area contributed by atoms with Gasteiger partial charge in [-0.2, -0.15) is 0 Å². The van der Waals surface area contributed by atoms with Crippen molar-refractivity contribution in [3.05, 3.63) is 53.6 Å². The standard InChI is InChI=1S/C22H24N2O4/c1-2-24(13-15-7-9-19-20(11-15)28-14-27-19)21(25)10-8-17-12-16-5-3-4-6-18(16)23-22(17)26/h3-7,9,11,17H,2,8,10,12-14H2,1H3,(H,23,26). The first-order valence-electron chi connectivity index (χ1n) is 9.69. The summed E-state index contributed by atoms with van der Waals surface area (Å²) in [6, 6.07) is 13.6. The Kier molecular flexibility index (Phi) is 5.19. The van der Waals surface area contributed by atoms with E-state index in [0.29, 0.717) is 32.4 Å². The Morgan fingerprint density at radius 1 is 1.18 bits per heavy atom. The van der Waals surface area contributed by atoms with Crippen LogP contribution in [0.25, 0.3) is 0 Å². The molecule has 4 rings (SSSR count). The molecule has 2 aromatic rings. The number of rotatable bonds is 6. The van der Waals surface area contributed by atoms with Gasteiger partial charge in [0.25, 0.3) is 0 Å². The van der Waals surface area contributed by atoms with Gasteiger partial charge in [-0.25, -0.2) is 0 Å². The highest BCUT2D eigenvalue weighted by molar-refractivity contribution is 5.96. The van der Waals surface area contributed by atoms with Crippen molar-refractivity contribution in [2.75, 3.05) is 18.7 Å². The fourth-order valence-corrected chi connectivity index (χ4v) is 3.74. The van der Waals surface area contributed by atoms with Crippen LogP contribution in [0.15, 0.2) is 42.5 Å². The molecule has 0 aromatic heterocycles. The minimum absolute atomic E-state index is 0.00493. The Morgan fingerprint density at radius 2 is 2.00 bits per heavy atom. The van der Waals surface area contributed by atoms with Crippen molar-refractivity contribution in [2.45, 2.75) is 32.7 Å². The van der Waals surface area contributed by atoms with Gasteiger partial charge in [0.1, 0.15) is 0 Å². The topological polar surface area (TPSA) is 67.9 Å². The predicted octanol–water partition coefficient (Wildman–Crippen LogP) is 3.36. The first kappa shape index (κ1) is 18.3. The lowest BCUT2D eigenvalue weighted by molar-refractivity contribution is -0.132. The number of fused-ring (bicyclic) bond motifs is 2. The minimum atomic E-state index is -0.164. The van der Waals surface area contributed by atoms with E-state index in [1.165, 1.54) is 0 Å². The summed E-state index contributed by atoms with van der Waals surface area (Å²) < 4.78 is 10.7. The van der Waals surface area contributed by atoms with Crippen LogP contribution in [0.4, 0.5) is 5.69 Å². The second kappa shape index (κ2) is 7.92. The number of amides is 2. The first-order valence-corrected chi connectivity index (χ1v) is 9.69. The lowest BCUT2D eigenvalue weighted by Crippen LogP contribution is -2.33. The van der Waals surface area contributed by atoms with Crippen LogP contribution >= 0.6 is 0 Å². The zero-order chi connectivity index (χ0) is 19.5. The number of nitrogens with one attached hydrogen (secondary N) is 1. The lowest BCUT2D eigenvalue weighted by Gasteiger charge is -2.26. The molecule has 0 saturated heterocycles. The van der Waals surface area contributed by atoms with Gasteiger partial charge in [0.15, 0.2) is 11.5 Å². The average Bonchev–Trinajstić information content (AvgIpc) is 3.18. The van der Waals surface area contributed by atoms with E-state index in [0.717, 1.165) is 28.3 Å². The van der Waals surface area contributed by atoms with Gasteiger partial charge in [-0.1, -0.05) is 24.3 Å². The molecule has 0 bridgehead atoms. The smallest absolute Gasteiger partial charge is 0.231 e. The molecule has 0 spiro atoms. The van der Waals surface area contributed by atoms with Gasteiger partial charge in [-0.05, 0) is 49.1 Å². The number of para-hydroxylation sites is 1. The molecule has 28 heavy (non-hydrogen) atoms. The van der Waals surface area contributed by atoms with Crippen LogP contribution in [0.1, 0.15) is 30.9 Å². The highest BCUT2D eigenvalue weighted by atomic mass is 16.7.